The van der Waals surface area contributed by atoms with E-state index in [1.165, 1.54) is 32.4 Å². The fourth-order valence-corrected chi connectivity index (χ4v) is 1.46. The third-order valence-electron chi connectivity index (χ3n) is 2.51. The van der Waals surface area contributed by atoms with Crippen molar-refractivity contribution in [2.45, 2.75) is 12.8 Å². The van der Waals surface area contributed by atoms with Crippen LogP contribution in [0.3, 0.4) is 0 Å². The zero-order chi connectivity index (χ0) is 14.3. The maximum Gasteiger partial charge on any atom is 0.305 e. The molecule has 0 atom stereocenters. The maximum atomic E-state index is 11.8. The van der Waals surface area contributed by atoms with Gasteiger partial charge in [-0.1, -0.05) is 0 Å². The summed E-state index contributed by atoms with van der Waals surface area (Å²) in [5.41, 5.74) is 0.382. The predicted molar refractivity (Wildman–Crippen MR) is 68.2 cm³/mol. The number of aromatic hydroxyl groups is 1. The highest BCUT2D eigenvalue weighted by Gasteiger charge is 2.09. The van der Waals surface area contributed by atoms with Gasteiger partial charge in [-0.2, -0.15) is 0 Å². The zero-order valence-corrected chi connectivity index (χ0v) is 10.9. The number of ether oxygens (including phenoxy) is 2. The number of phenolic OH excluding ortho intramolecular Hbond substituents is 1. The number of benzene rings is 1. The molecule has 1 aromatic carbocycles. The van der Waals surface area contributed by atoms with Gasteiger partial charge < -0.3 is 19.9 Å². The van der Waals surface area contributed by atoms with Crippen molar-refractivity contribution in [1.29, 1.82) is 0 Å². The average Bonchev–Trinajstić information content (AvgIpc) is 2.43. The van der Waals surface area contributed by atoms with E-state index in [-0.39, 0.29) is 29.8 Å². The molecule has 2 N–H and O–H groups in total. The highest BCUT2D eigenvalue weighted by molar-refractivity contribution is 5.94. The van der Waals surface area contributed by atoms with Gasteiger partial charge in [-0.3, -0.25) is 9.59 Å². The van der Waals surface area contributed by atoms with E-state index in [9.17, 15) is 14.7 Å². The number of methoxy groups -OCH3 is 2. The van der Waals surface area contributed by atoms with Crippen LogP contribution in [0.1, 0.15) is 23.2 Å². The summed E-state index contributed by atoms with van der Waals surface area (Å²) in [6, 6.07) is 4.33. The molecule has 19 heavy (non-hydrogen) atoms. The Balaban J connectivity index is 2.47. The molecule has 0 aliphatic heterocycles. The first kappa shape index (κ1) is 14.8. The van der Waals surface area contributed by atoms with Gasteiger partial charge in [0.15, 0.2) is 11.5 Å². The molecule has 0 aliphatic carbocycles. The Bertz CT molecular complexity index is 458. The number of hydrogen-bond acceptors (Lipinski definition) is 5. The van der Waals surface area contributed by atoms with Crippen LogP contribution in [0.15, 0.2) is 18.2 Å². The Morgan fingerprint density at radius 1 is 1.32 bits per heavy atom. The van der Waals surface area contributed by atoms with Gasteiger partial charge in [0.25, 0.3) is 5.91 Å². The van der Waals surface area contributed by atoms with Crippen molar-refractivity contribution < 1.29 is 24.2 Å². The van der Waals surface area contributed by atoms with Gasteiger partial charge in [0.2, 0.25) is 0 Å². The molecule has 1 amide bonds. The van der Waals surface area contributed by atoms with Crippen LogP contribution in [0, 0.1) is 0 Å². The van der Waals surface area contributed by atoms with Crippen molar-refractivity contribution >= 4 is 11.9 Å². The van der Waals surface area contributed by atoms with E-state index in [1.807, 2.05) is 0 Å². The standard InChI is InChI=1S/C13H17NO5/c1-18-11-8-9(5-6-10(11)15)13(17)14-7-3-4-12(16)19-2/h5-6,8,15H,3-4,7H2,1-2H3,(H,14,17). The Morgan fingerprint density at radius 2 is 2.05 bits per heavy atom. The van der Waals surface area contributed by atoms with Crippen molar-refractivity contribution in [2.75, 3.05) is 20.8 Å². The first-order chi connectivity index (χ1) is 9.08. The lowest BCUT2D eigenvalue weighted by atomic mass is 10.2. The minimum Gasteiger partial charge on any atom is -0.504 e. The topological polar surface area (TPSA) is 84.9 Å². The Kier molecular flexibility index (Phi) is 5.66. The summed E-state index contributed by atoms with van der Waals surface area (Å²) >= 11 is 0. The summed E-state index contributed by atoms with van der Waals surface area (Å²) in [6.45, 7) is 0.372. The van der Waals surface area contributed by atoms with E-state index in [1.54, 1.807) is 0 Å². The van der Waals surface area contributed by atoms with Gasteiger partial charge in [0.05, 0.1) is 14.2 Å². The van der Waals surface area contributed by atoms with Crippen LogP contribution in [-0.4, -0.2) is 37.7 Å². The number of amides is 1. The monoisotopic (exact) mass is 267 g/mol. The number of phenols is 1. The van der Waals surface area contributed by atoms with Crippen molar-refractivity contribution in [3.05, 3.63) is 23.8 Å². The van der Waals surface area contributed by atoms with Gasteiger partial charge in [0, 0.05) is 18.5 Å². The minimum absolute atomic E-state index is 0.0234. The van der Waals surface area contributed by atoms with Crippen LogP contribution < -0.4 is 10.1 Å². The molecule has 0 radical (unpaired) electrons. The number of rotatable bonds is 6. The van der Waals surface area contributed by atoms with Crippen molar-refractivity contribution in [3.63, 3.8) is 0 Å². The summed E-state index contributed by atoms with van der Waals surface area (Å²) in [4.78, 5) is 22.6. The van der Waals surface area contributed by atoms with Gasteiger partial charge in [-0.15, -0.1) is 0 Å². The number of nitrogens with one attached hydrogen (secondary N) is 1. The molecule has 6 nitrogen and oxygen atoms in total. The molecule has 0 fully saturated rings. The van der Waals surface area contributed by atoms with Crippen LogP contribution in [-0.2, 0) is 9.53 Å². The van der Waals surface area contributed by atoms with E-state index in [2.05, 4.69) is 10.1 Å². The van der Waals surface area contributed by atoms with Crippen molar-refractivity contribution in [3.8, 4) is 11.5 Å². The van der Waals surface area contributed by atoms with Crippen LogP contribution in [0.25, 0.3) is 0 Å². The number of carbonyl (C=O) groups excluding carboxylic acids is 2. The third-order valence-corrected chi connectivity index (χ3v) is 2.51. The second-order valence-electron chi connectivity index (χ2n) is 3.82. The Labute approximate surface area is 111 Å². The predicted octanol–water partition coefficient (Wildman–Crippen LogP) is 1.08. The molecule has 6 heteroatoms. The molecule has 0 bridgehead atoms. The highest BCUT2D eigenvalue weighted by atomic mass is 16.5. The fourth-order valence-electron chi connectivity index (χ4n) is 1.46. The molecule has 1 aromatic rings. The normalized spacial score (nSPS) is 9.79. The minimum atomic E-state index is -0.305. The highest BCUT2D eigenvalue weighted by Crippen LogP contribution is 2.26. The smallest absolute Gasteiger partial charge is 0.305 e. The first-order valence-corrected chi connectivity index (χ1v) is 5.80. The molecule has 0 aromatic heterocycles. The number of carbonyl (C=O) groups is 2. The maximum absolute atomic E-state index is 11.8. The van der Waals surface area contributed by atoms with E-state index in [4.69, 9.17) is 4.74 Å². The van der Waals surface area contributed by atoms with Crippen LogP contribution in [0.2, 0.25) is 0 Å². The number of hydrogen-bond donors (Lipinski definition) is 2. The Hall–Kier alpha value is -2.24. The molecule has 0 heterocycles. The van der Waals surface area contributed by atoms with Crippen LogP contribution in [0.4, 0.5) is 0 Å². The van der Waals surface area contributed by atoms with E-state index >= 15 is 0 Å². The van der Waals surface area contributed by atoms with Crippen molar-refractivity contribution in [2.24, 2.45) is 0 Å². The molecule has 0 saturated heterocycles. The van der Waals surface area contributed by atoms with Crippen LogP contribution >= 0.6 is 0 Å². The van der Waals surface area contributed by atoms with Crippen LogP contribution in [0.5, 0.6) is 11.5 Å². The second kappa shape index (κ2) is 7.25. The molecule has 1 rings (SSSR count). The lowest BCUT2D eigenvalue weighted by molar-refractivity contribution is -0.140. The van der Waals surface area contributed by atoms with Gasteiger partial charge in [0.1, 0.15) is 0 Å². The zero-order valence-electron chi connectivity index (χ0n) is 10.9. The molecule has 0 unspecified atom stereocenters. The molecule has 0 aliphatic rings. The van der Waals surface area contributed by atoms with Gasteiger partial charge >= 0.3 is 5.97 Å². The van der Waals surface area contributed by atoms with E-state index in [0.717, 1.165) is 0 Å². The van der Waals surface area contributed by atoms with E-state index in [0.29, 0.717) is 18.5 Å². The second-order valence-corrected chi connectivity index (χ2v) is 3.82. The van der Waals surface area contributed by atoms with Gasteiger partial charge in [-0.25, -0.2) is 0 Å². The lowest BCUT2D eigenvalue weighted by Gasteiger charge is -2.07. The summed E-state index contributed by atoms with van der Waals surface area (Å²) in [5.74, 6) is -0.379. The summed E-state index contributed by atoms with van der Waals surface area (Å²) in [7, 11) is 2.73. The molecular weight excluding hydrogens is 250 g/mol. The SMILES string of the molecule is COC(=O)CCCNC(=O)c1ccc(O)c(OC)c1. The summed E-state index contributed by atoms with van der Waals surface area (Å²) in [5, 5.41) is 12.1. The third kappa shape index (κ3) is 4.50. The summed E-state index contributed by atoms with van der Waals surface area (Å²) in [6.07, 6.45) is 0.767. The fraction of sp³-hybridized carbons (Fsp3) is 0.385. The largest absolute Gasteiger partial charge is 0.504 e. The lowest BCUT2D eigenvalue weighted by Crippen LogP contribution is -2.25. The molecule has 0 spiro atoms. The average molecular weight is 267 g/mol. The first-order valence-electron chi connectivity index (χ1n) is 5.80. The number of esters is 1. The summed E-state index contributed by atoms with van der Waals surface area (Å²) < 4.78 is 9.41. The molecule has 0 saturated carbocycles. The Morgan fingerprint density at radius 3 is 2.68 bits per heavy atom. The quantitative estimate of drug-likeness (QED) is 0.595. The van der Waals surface area contributed by atoms with Crippen molar-refractivity contribution in [1.82, 2.24) is 5.32 Å². The van der Waals surface area contributed by atoms with E-state index < -0.39 is 0 Å². The van der Waals surface area contributed by atoms with Gasteiger partial charge in [-0.05, 0) is 24.6 Å². The molecule has 104 valence electrons. The molecular formula is C13H17NO5.